The van der Waals surface area contributed by atoms with Gasteiger partial charge in [-0.2, -0.15) is 5.10 Å². The van der Waals surface area contributed by atoms with Crippen molar-refractivity contribution in [3.05, 3.63) is 18.0 Å². The van der Waals surface area contributed by atoms with Crippen LogP contribution in [0.2, 0.25) is 0 Å². The van der Waals surface area contributed by atoms with E-state index in [9.17, 15) is 0 Å². The molecule has 1 aromatic rings. The average Bonchev–Trinajstić information content (AvgIpc) is 2.72. The van der Waals surface area contributed by atoms with E-state index in [2.05, 4.69) is 34.4 Å². The quantitative estimate of drug-likeness (QED) is 0.734. The third-order valence-corrected chi connectivity index (χ3v) is 2.91. The summed E-state index contributed by atoms with van der Waals surface area (Å²) >= 11 is 0. The minimum atomic E-state index is 0.614. The van der Waals surface area contributed by atoms with Gasteiger partial charge in [-0.05, 0) is 19.0 Å². The number of likely N-dealkylation sites (N-methyl/N-ethyl adjacent to an activating group) is 1. The van der Waals surface area contributed by atoms with E-state index < -0.39 is 0 Å². The molecule has 1 aliphatic heterocycles. The third kappa shape index (κ3) is 2.13. The normalized spacial score (nSPS) is 28.4. The third-order valence-electron chi connectivity index (χ3n) is 2.91. The smallest absolute Gasteiger partial charge is 0.0490 e. The van der Waals surface area contributed by atoms with E-state index in [0.717, 1.165) is 24.7 Å². The summed E-state index contributed by atoms with van der Waals surface area (Å²) in [5.74, 6) is 0.739. The van der Waals surface area contributed by atoms with Crippen molar-refractivity contribution in [1.29, 1.82) is 0 Å². The maximum Gasteiger partial charge on any atom is 0.0490 e. The van der Waals surface area contributed by atoms with Gasteiger partial charge in [-0.1, -0.05) is 6.92 Å². The van der Waals surface area contributed by atoms with Gasteiger partial charge < -0.3 is 10.2 Å². The zero-order valence-electron chi connectivity index (χ0n) is 8.83. The fourth-order valence-electron chi connectivity index (χ4n) is 2.10. The largest absolute Gasteiger partial charge is 0.307 e. The van der Waals surface area contributed by atoms with Crippen molar-refractivity contribution in [3.63, 3.8) is 0 Å². The first-order chi connectivity index (χ1) is 6.75. The van der Waals surface area contributed by atoms with Gasteiger partial charge in [-0.15, -0.1) is 0 Å². The summed E-state index contributed by atoms with van der Waals surface area (Å²) in [5.41, 5.74) is 1.16. The van der Waals surface area contributed by atoms with Crippen molar-refractivity contribution in [2.24, 2.45) is 5.92 Å². The fourth-order valence-corrected chi connectivity index (χ4v) is 2.10. The fraction of sp³-hybridized carbons (Fsp3) is 0.700. The Bertz CT molecular complexity index is 270. The summed E-state index contributed by atoms with van der Waals surface area (Å²) in [5, 5.41) is 10.4. The van der Waals surface area contributed by atoms with Gasteiger partial charge in [-0.25, -0.2) is 0 Å². The second-order valence-electron chi connectivity index (χ2n) is 4.27. The summed E-state index contributed by atoms with van der Waals surface area (Å²) in [4.78, 5) is 2.37. The van der Waals surface area contributed by atoms with E-state index >= 15 is 0 Å². The highest BCUT2D eigenvalue weighted by Crippen LogP contribution is 2.14. The highest BCUT2D eigenvalue weighted by Gasteiger charge is 2.26. The van der Waals surface area contributed by atoms with Crippen LogP contribution in [0.1, 0.15) is 12.6 Å². The van der Waals surface area contributed by atoms with Gasteiger partial charge in [0.15, 0.2) is 0 Å². The number of likely N-dealkylation sites (tertiary alicyclic amines) is 1. The van der Waals surface area contributed by atoms with E-state index in [-0.39, 0.29) is 0 Å². The van der Waals surface area contributed by atoms with Gasteiger partial charge in [0.25, 0.3) is 0 Å². The molecule has 0 radical (unpaired) electrons. The monoisotopic (exact) mass is 194 g/mol. The number of nitrogens with zero attached hydrogens (tertiary/aromatic N) is 2. The molecule has 1 aromatic heterocycles. The van der Waals surface area contributed by atoms with Crippen LogP contribution < -0.4 is 5.32 Å². The molecule has 0 aromatic carbocycles. The van der Waals surface area contributed by atoms with Crippen LogP contribution in [0.3, 0.4) is 0 Å². The van der Waals surface area contributed by atoms with E-state index in [0.29, 0.717) is 6.04 Å². The first-order valence-electron chi connectivity index (χ1n) is 5.16. The van der Waals surface area contributed by atoms with E-state index in [1.54, 1.807) is 6.20 Å². The van der Waals surface area contributed by atoms with Crippen LogP contribution in [-0.2, 0) is 6.54 Å². The van der Waals surface area contributed by atoms with Gasteiger partial charge in [0.2, 0.25) is 0 Å². The molecule has 78 valence electrons. The standard InChI is InChI=1S/C10H18N4/c1-8-6-14(2)7-10(8)11-5-9-3-4-12-13-9/h3-4,8,10-11H,5-7H2,1-2H3,(H,12,13). The second-order valence-corrected chi connectivity index (χ2v) is 4.27. The molecule has 2 atom stereocenters. The van der Waals surface area contributed by atoms with Gasteiger partial charge >= 0.3 is 0 Å². The molecule has 0 saturated carbocycles. The molecular formula is C10H18N4. The zero-order valence-corrected chi connectivity index (χ0v) is 8.83. The summed E-state index contributed by atoms with van der Waals surface area (Å²) in [6, 6.07) is 2.62. The predicted octanol–water partition coefficient (Wildman–Crippen LogP) is 0.449. The molecule has 4 nitrogen and oxygen atoms in total. The van der Waals surface area contributed by atoms with Crippen LogP contribution in [0.5, 0.6) is 0 Å². The highest BCUT2D eigenvalue weighted by atomic mass is 15.2. The molecule has 2 unspecified atom stereocenters. The number of rotatable bonds is 3. The lowest BCUT2D eigenvalue weighted by atomic mass is 10.1. The minimum absolute atomic E-state index is 0.614. The SMILES string of the molecule is CC1CN(C)CC1NCc1ccn[nH]1. The van der Waals surface area contributed by atoms with Gasteiger partial charge in [-0.3, -0.25) is 5.10 Å². The van der Waals surface area contributed by atoms with Gasteiger partial charge in [0.05, 0.1) is 0 Å². The van der Waals surface area contributed by atoms with Crippen LogP contribution in [-0.4, -0.2) is 41.3 Å². The van der Waals surface area contributed by atoms with Gasteiger partial charge in [0.1, 0.15) is 0 Å². The Hall–Kier alpha value is -0.870. The van der Waals surface area contributed by atoms with Crippen LogP contribution in [0.15, 0.2) is 12.3 Å². The molecule has 0 bridgehead atoms. The summed E-state index contributed by atoms with van der Waals surface area (Å²) in [6.07, 6.45) is 1.79. The van der Waals surface area contributed by atoms with Crippen LogP contribution in [0.25, 0.3) is 0 Å². The Kier molecular flexibility index (Phi) is 2.84. The number of aromatic amines is 1. The lowest BCUT2D eigenvalue weighted by Crippen LogP contribution is -2.34. The molecule has 2 N–H and O–H groups in total. The number of hydrogen-bond acceptors (Lipinski definition) is 3. The summed E-state index contributed by atoms with van der Waals surface area (Å²) in [7, 11) is 2.17. The zero-order chi connectivity index (χ0) is 9.97. The van der Waals surface area contributed by atoms with Crippen LogP contribution in [0.4, 0.5) is 0 Å². The maximum atomic E-state index is 3.93. The lowest BCUT2D eigenvalue weighted by Gasteiger charge is -2.15. The van der Waals surface area contributed by atoms with E-state index in [4.69, 9.17) is 0 Å². The number of hydrogen-bond donors (Lipinski definition) is 2. The minimum Gasteiger partial charge on any atom is -0.307 e. The molecule has 0 amide bonds. The number of nitrogens with one attached hydrogen (secondary N) is 2. The van der Waals surface area contributed by atoms with Crippen molar-refractivity contribution < 1.29 is 0 Å². The number of aromatic nitrogens is 2. The average molecular weight is 194 g/mol. The second kappa shape index (κ2) is 4.11. The number of H-pyrrole nitrogens is 1. The van der Waals surface area contributed by atoms with Crippen molar-refractivity contribution in [2.75, 3.05) is 20.1 Å². The Morgan fingerprint density at radius 3 is 3.07 bits per heavy atom. The van der Waals surface area contributed by atoms with Crippen molar-refractivity contribution in [1.82, 2.24) is 20.4 Å². The molecule has 1 fully saturated rings. The molecule has 1 saturated heterocycles. The van der Waals surface area contributed by atoms with Crippen LogP contribution in [0, 0.1) is 5.92 Å². The summed E-state index contributed by atoms with van der Waals surface area (Å²) < 4.78 is 0. The van der Waals surface area contributed by atoms with Crippen molar-refractivity contribution in [2.45, 2.75) is 19.5 Å². The Morgan fingerprint density at radius 2 is 2.50 bits per heavy atom. The molecule has 2 heterocycles. The van der Waals surface area contributed by atoms with Crippen molar-refractivity contribution in [3.8, 4) is 0 Å². The van der Waals surface area contributed by atoms with Crippen molar-refractivity contribution >= 4 is 0 Å². The molecule has 2 rings (SSSR count). The van der Waals surface area contributed by atoms with E-state index in [1.807, 2.05) is 6.07 Å². The molecular weight excluding hydrogens is 176 g/mol. The molecule has 1 aliphatic rings. The first kappa shape index (κ1) is 9.68. The molecule has 0 aliphatic carbocycles. The molecule has 4 heteroatoms. The summed E-state index contributed by atoms with van der Waals surface area (Å²) in [6.45, 7) is 5.53. The van der Waals surface area contributed by atoms with Gasteiger partial charge in [0, 0.05) is 37.6 Å². The van der Waals surface area contributed by atoms with Crippen LogP contribution >= 0.6 is 0 Å². The first-order valence-corrected chi connectivity index (χ1v) is 5.16. The lowest BCUT2D eigenvalue weighted by molar-refractivity contribution is 0.396. The Morgan fingerprint density at radius 1 is 1.64 bits per heavy atom. The van der Waals surface area contributed by atoms with E-state index in [1.165, 1.54) is 6.54 Å². The predicted molar refractivity (Wildman–Crippen MR) is 55.9 cm³/mol. The Balaban J connectivity index is 1.81. The highest BCUT2D eigenvalue weighted by molar-refractivity contribution is 4.98. The maximum absolute atomic E-state index is 3.93. The molecule has 14 heavy (non-hydrogen) atoms. The Labute approximate surface area is 84.7 Å². The topological polar surface area (TPSA) is 44.0 Å². The molecule has 0 spiro atoms.